The summed E-state index contributed by atoms with van der Waals surface area (Å²) in [7, 11) is 0.0430. The summed E-state index contributed by atoms with van der Waals surface area (Å²) < 4.78 is 64.8. The molecule has 274 valence electrons. The Morgan fingerprint density at radius 1 is 0.540 bits per heavy atom. The molecule has 20 nitrogen and oxygen atoms in total. The highest BCUT2D eigenvalue weighted by Gasteiger charge is 2.35. The SMILES string of the molecule is C[N+](C)(C)Cc1cc(OS(=O)(=O)c2ccc([N+](=O)[O-])cc2[N+](=O)[O-])c(C[N+](C)(C)C)cc1OS(=O)(=O)c1ccc([N+](=O)[O-])cc1[N+](=O)[O-].[I-].[I-]. The van der Waals surface area contributed by atoms with Crippen molar-refractivity contribution in [3.05, 3.63) is 100 Å². The number of hydrogen-bond donors (Lipinski definition) is 0. The Balaban J connectivity index is 0.00000625. The minimum absolute atomic E-state index is 0. The predicted molar refractivity (Wildman–Crippen MR) is 165 cm³/mol. The molecule has 24 heteroatoms. The second-order valence-corrected chi connectivity index (χ2v) is 15.4. The van der Waals surface area contributed by atoms with Gasteiger partial charge in [0.2, 0.25) is 0 Å². The van der Waals surface area contributed by atoms with Crippen LogP contribution in [0.15, 0.2) is 58.3 Å². The van der Waals surface area contributed by atoms with Gasteiger partial charge in [0, 0.05) is 12.1 Å². The summed E-state index contributed by atoms with van der Waals surface area (Å²) in [6.45, 7) is -0.0993. The van der Waals surface area contributed by atoms with Gasteiger partial charge in [0.1, 0.15) is 13.1 Å². The molecule has 0 aromatic heterocycles. The van der Waals surface area contributed by atoms with Gasteiger partial charge in [-0.2, -0.15) is 16.8 Å². The molecule has 0 bridgehead atoms. The van der Waals surface area contributed by atoms with Crippen molar-refractivity contribution in [3.63, 3.8) is 0 Å². The molecule has 0 spiro atoms. The van der Waals surface area contributed by atoms with Crippen molar-refractivity contribution in [1.82, 2.24) is 0 Å². The predicted octanol–water partition coefficient (Wildman–Crippen LogP) is -2.72. The van der Waals surface area contributed by atoms with Crippen LogP contribution in [0.2, 0.25) is 0 Å². The van der Waals surface area contributed by atoms with Crippen molar-refractivity contribution in [2.75, 3.05) is 42.3 Å². The van der Waals surface area contributed by atoms with Crippen LogP contribution in [0.3, 0.4) is 0 Å². The van der Waals surface area contributed by atoms with E-state index in [1.807, 2.05) is 0 Å². The highest BCUT2D eigenvalue weighted by atomic mass is 127. The van der Waals surface area contributed by atoms with Crippen molar-refractivity contribution >= 4 is 43.0 Å². The van der Waals surface area contributed by atoms with E-state index in [-0.39, 0.29) is 92.6 Å². The molecule has 0 radical (unpaired) electrons. The second-order valence-electron chi connectivity index (χ2n) is 12.4. The lowest BCUT2D eigenvalue weighted by atomic mass is 10.1. The van der Waals surface area contributed by atoms with Crippen LogP contribution in [0.1, 0.15) is 11.1 Å². The van der Waals surface area contributed by atoms with Crippen molar-refractivity contribution in [2.24, 2.45) is 0 Å². The number of benzene rings is 3. The van der Waals surface area contributed by atoms with E-state index >= 15 is 0 Å². The lowest BCUT2D eigenvalue weighted by Gasteiger charge is -2.28. The smallest absolute Gasteiger partial charge is 0.346 e. The molecule has 3 aromatic carbocycles. The Labute approximate surface area is 319 Å². The summed E-state index contributed by atoms with van der Waals surface area (Å²) in [5.41, 5.74) is -3.70. The van der Waals surface area contributed by atoms with E-state index in [4.69, 9.17) is 8.37 Å². The number of rotatable bonds is 14. The molecule has 0 fully saturated rings. The molecule has 0 aliphatic rings. The van der Waals surface area contributed by atoms with Gasteiger partial charge in [-0.15, -0.1) is 0 Å². The van der Waals surface area contributed by atoms with E-state index in [0.29, 0.717) is 24.3 Å². The van der Waals surface area contributed by atoms with Crippen molar-refractivity contribution in [2.45, 2.75) is 22.9 Å². The van der Waals surface area contributed by atoms with Gasteiger partial charge in [-0.25, -0.2) is 0 Å². The first-order valence-corrected chi connectivity index (χ1v) is 16.1. The van der Waals surface area contributed by atoms with Gasteiger partial charge >= 0.3 is 20.2 Å². The number of quaternary nitrogens is 2. The van der Waals surface area contributed by atoms with Gasteiger partial charge < -0.3 is 65.3 Å². The Morgan fingerprint density at radius 3 is 1.08 bits per heavy atom. The minimum atomic E-state index is -5.05. The molecule has 0 amide bonds. The van der Waals surface area contributed by atoms with Crippen LogP contribution >= 0.6 is 0 Å². The number of halogens is 2. The normalized spacial score (nSPS) is 11.8. The highest BCUT2D eigenvalue weighted by molar-refractivity contribution is 7.87. The van der Waals surface area contributed by atoms with E-state index in [1.165, 1.54) is 0 Å². The van der Waals surface area contributed by atoms with E-state index < -0.39 is 72.5 Å². The molecule has 0 saturated carbocycles. The number of nitro groups is 4. The molecule has 0 aliphatic heterocycles. The van der Waals surface area contributed by atoms with Gasteiger partial charge in [-0.1, -0.05) is 0 Å². The summed E-state index contributed by atoms with van der Waals surface area (Å²) in [4.78, 5) is 39.6. The van der Waals surface area contributed by atoms with Crippen LogP contribution in [0.25, 0.3) is 0 Å². The fraction of sp³-hybridized carbons (Fsp3) is 0.308. The molecule has 0 aliphatic carbocycles. The summed E-state index contributed by atoms with van der Waals surface area (Å²) in [5.74, 6) is -0.768. The van der Waals surface area contributed by atoms with E-state index in [0.717, 1.165) is 24.3 Å². The lowest BCUT2D eigenvalue weighted by molar-refractivity contribution is -0.884. The summed E-state index contributed by atoms with van der Waals surface area (Å²) in [6.07, 6.45) is 0. The van der Waals surface area contributed by atoms with Gasteiger partial charge in [0.15, 0.2) is 21.3 Å². The Hall–Kier alpha value is -3.86. The van der Waals surface area contributed by atoms with Crippen LogP contribution in [0.4, 0.5) is 22.7 Å². The quantitative estimate of drug-likeness (QED) is 0.0523. The topological polar surface area (TPSA) is 259 Å². The Kier molecular flexibility index (Phi) is 14.1. The van der Waals surface area contributed by atoms with Crippen LogP contribution in [0, 0.1) is 40.5 Å². The fourth-order valence-corrected chi connectivity index (χ4v) is 6.55. The lowest BCUT2D eigenvalue weighted by Crippen LogP contribution is -3.00. The first-order valence-electron chi connectivity index (χ1n) is 13.3. The first-order chi connectivity index (χ1) is 21.8. The molecule has 3 aromatic rings. The second kappa shape index (κ2) is 16.0. The van der Waals surface area contributed by atoms with E-state index in [1.54, 1.807) is 42.3 Å². The summed E-state index contributed by atoms with van der Waals surface area (Å²) in [5, 5.41) is 45.7. The zero-order valence-electron chi connectivity index (χ0n) is 27.0. The summed E-state index contributed by atoms with van der Waals surface area (Å²) in [6, 6.07) is 6.00. The largest absolute Gasteiger partial charge is 1.00 e. The van der Waals surface area contributed by atoms with Crippen LogP contribution in [-0.2, 0) is 33.3 Å². The molecule has 0 heterocycles. The molecule has 0 atom stereocenters. The Bertz CT molecular complexity index is 1920. The maximum Gasteiger partial charge on any atom is 0.346 e. The fourth-order valence-electron chi connectivity index (χ4n) is 4.34. The highest BCUT2D eigenvalue weighted by Crippen LogP contribution is 2.38. The maximum atomic E-state index is 13.5. The van der Waals surface area contributed by atoms with Crippen molar-refractivity contribution in [3.8, 4) is 11.5 Å². The van der Waals surface area contributed by atoms with Gasteiger partial charge in [-0.05, 0) is 24.3 Å². The molecule has 3 rings (SSSR count). The summed E-state index contributed by atoms with van der Waals surface area (Å²) >= 11 is 0. The number of nitrogens with zero attached hydrogens (tertiary/aromatic N) is 6. The zero-order chi connectivity index (χ0) is 36.6. The number of hydrogen-bond acceptors (Lipinski definition) is 14. The van der Waals surface area contributed by atoms with Crippen LogP contribution in [-0.4, -0.2) is 87.8 Å². The maximum absolute atomic E-state index is 13.5. The van der Waals surface area contributed by atoms with Crippen LogP contribution in [0.5, 0.6) is 11.5 Å². The minimum Gasteiger partial charge on any atom is -1.00 e. The molecule has 50 heavy (non-hydrogen) atoms. The Morgan fingerprint density at radius 2 is 0.840 bits per heavy atom. The number of nitro benzene ring substituents is 4. The van der Waals surface area contributed by atoms with E-state index in [2.05, 4.69) is 0 Å². The molecule has 0 N–H and O–H groups in total. The average molecular weight is 968 g/mol. The van der Waals surface area contributed by atoms with Crippen molar-refractivity contribution in [1.29, 1.82) is 0 Å². The molecular weight excluding hydrogens is 938 g/mol. The zero-order valence-corrected chi connectivity index (χ0v) is 33.0. The van der Waals surface area contributed by atoms with Gasteiger partial charge in [0.05, 0.1) is 85.2 Å². The van der Waals surface area contributed by atoms with Gasteiger partial charge in [0.25, 0.3) is 22.7 Å². The monoisotopic (exact) mass is 968 g/mol. The van der Waals surface area contributed by atoms with Crippen LogP contribution < -0.4 is 56.3 Å². The van der Waals surface area contributed by atoms with Gasteiger partial charge in [-0.3, -0.25) is 40.5 Å². The first kappa shape index (κ1) is 44.2. The van der Waals surface area contributed by atoms with Crippen molar-refractivity contribution < 1.29 is 102 Å². The average Bonchev–Trinajstić information content (AvgIpc) is 2.92. The molecule has 0 saturated heterocycles. The standard InChI is InChI=1S/C26H30N6O14S2.2HI/c1-31(2,3)15-17-11-24(46-48(43,44)26-10-8-20(28(35)36)14-22(26)30(39)40)18(16-32(4,5)6)12-23(17)45-47(41,42)25-9-7-19(27(33)34)13-21(25)29(37)38;;/h7-14H,15-16H2,1-6H3;2*1H/q+2;;/p-2. The third kappa shape index (κ3) is 11.1. The number of non-ortho nitro benzene ring substituents is 2. The third-order valence-corrected chi connectivity index (χ3v) is 8.74. The third-order valence-electron chi connectivity index (χ3n) is 6.17. The van der Waals surface area contributed by atoms with E-state index in [9.17, 15) is 57.3 Å². The molecule has 0 unspecified atom stereocenters. The molecular formula is C26H30I2N6O14S2.